The summed E-state index contributed by atoms with van der Waals surface area (Å²) >= 11 is 6.16. The van der Waals surface area contributed by atoms with Gasteiger partial charge in [0.05, 0.1) is 83.3 Å². The highest BCUT2D eigenvalue weighted by Gasteiger charge is 2.38. The van der Waals surface area contributed by atoms with E-state index < -0.39 is 6.04 Å². The number of carbonyl (C=O) groups is 6. The maximum absolute atomic E-state index is 14.7. The minimum atomic E-state index is -0.392. The topological polar surface area (TPSA) is 299 Å². The zero-order valence-corrected chi connectivity index (χ0v) is 81.7. The van der Waals surface area contributed by atoms with E-state index in [4.69, 9.17) is 31.3 Å². The van der Waals surface area contributed by atoms with E-state index >= 15 is 0 Å². The molecule has 16 rings (SSSR count). The fourth-order valence-electron chi connectivity index (χ4n) is 18.3. The summed E-state index contributed by atoms with van der Waals surface area (Å²) in [7, 11) is 0. The quantitative estimate of drug-likeness (QED) is 0.0338. The number of benzene rings is 9. The lowest BCUT2D eigenvalue weighted by atomic mass is 9.92. The van der Waals surface area contributed by atoms with Crippen LogP contribution < -0.4 is 0 Å². The van der Waals surface area contributed by atoms with Crippen LogP contribution in [-0.4, -0.2) is 197 Å². The molecule has 25 nitrogen and oxygen atoms in total. The van der Waals surface area contributed by atoms with Gasteiger partial charge in [0, 0.05) is 93.5 Å². The Morgan fingerprint density at radius 3 is 1.04 bits per heavy atom. The molecule has 0 spiro atoms. The molecule has 0 fully saturated rings. The highest BCUT2D eigenvalue weighted by molar-refractivity contribution is 6.30. The Morgan fingerprint density at radius 2 is 0.696 bits per heavy atom. The van der Waals surface area contributed by atoms with E-state index in [2.05, 4.69) is 69.9 Å². The molecule has 6 amide bonds. The Labute approximate surface area is 814 Å². The molecule has 3 N–H and O–H groups in total. The largest absolute Gasteiger partial charge is 0.421 e. The number of hydrogen-bond acceptors (Lipinski definition) is 16. The molecular weight excluding hydrogens is 1750 g/mol. The monoisotopic (exact) mass is 1880 g/mol. The Balaban J connectivity index is 0.000000166. The van der Waals surface area contributed by atoms with E-state index in [1.807, 2.05) is 217 Å². The van der Waals surface area contributed by atoms with Gasteiger partial charge in [-0.25, -0.2) is 14.0 Å². The maximum atomic E-state index is 14.7. The van der Waals surface area contributed by atoms with Gasteiger partial charge in [-0.05, 0) is 230 Å². The van der Waals surface area contributed by atoms with Crippen LogP contribution in [0.2, 0.25) is 5.02 Å². The SMILES string of the molecule is CCCCN(CCCC)C(=O)c1cc(C)n(-c2ccc(-c3ccc(Cl)cc3)cc2C(=O)N2Cc3ccccc3C[C@H]2CO)n1.CCCCN(CCCC)C(=O)c1cc(C)n(-c2ccc(-c3cccc(-c4nnc(C)o4)c3)cc2C(=O)N2Cc3ccccc3C[C@H]2CO)n1.CCCCN(CCCC)C(=O)c1cc(C)n(-c2ccc(-c3ccccc3C#N)cc2C(=O)N2Cc3ccccc3C[C@H]2CO)n1. The summed E-state index contributed by atoms with van der Waals surface area (Å²) in [4.78, 5) is 95.6. The van der Waals surface area contributed by atoms with Crippen LogP contribution in [0.15, 0.2) is 223 Å². The number of carbonyl (C=O) groups excluding carboxylic acids is 6. The average molecular weight is 1880 g/mol. The number of aryl methyl sites for hydroxylation is 4. The van der Waals surface area contributed by atoms with Crippen LogP contribution in [0, 0.1) is 39.0 Å². The molecule has 9 aromatic carbocycles. The zero-order valence-electron chi connectivity index (χ0n) is 80.9. The van der Waals surface area contributed by atoms with Crippen LogP contribution in [0.25, 0.3) is 61.9 Å². The standard InChI is InChI=1S/C39H44N6O4.C37H41N5O3.C36H41ClN4O3/c1-5-7-18-43(19-8-6-2)39(48)35-20-26(3)45(42-35)36-17-16-30(28-14-11-15-31(21-28)37-41-40-27(4)49-37)23-34(36)38(47)44-24-32-13-10-9-12-29(32)22-33(44)25-46;1-4-6-18-40(19-7-5-2)37(45)34-20-26(3)42(39-34)35-17-16-28(32-15-11-10-13-29(32)23-38)22-33(35)36(44)41-24-30-14-9-8-12-27(30)21-31(41)25-43;1-4-6-18-39(19-7-5-2)36(44)33-20-25(3)41(38-33)34-17-14-28(26-12-15-30(37)16-13-26)22-32(34)35(43)40-23-29-11-9-8-10-27(29)21-31(40)24-42/h9-17,20-21,23,33,46H,5-8,18-19,22,24-25H2,1-4H3;8-17,20,22,31,43H,4-7,18-19,21,24-25H2,1-3H3;8-17,20,22,31,42H,4-7,18-19,21,23-24H2,1-3H3/t33-;2*31-/m000/s1. The van der Waals surface area contributed by atoms with Gasteiger partial charge in [-0.3, -0.25) is 28.8 Å². The number of aliphatic hydroxyl groups excluding tert-OH is 3. The summed E-state index contributed by atoms with van der Waals surface area (Å²) in [5.41, 5.74) is 19.0. The van der Waals surface area contributed by atoms with Crippen molar-refractivity contribution in [1.29, 1.82) is 5.26 Å². The van der Waals surface area contributed by atoms with Gasteiger partial charge >= 0.3 is 0 Å². The second-order valence-electron chi connectivity index (χ2n) is 36.0. The van der Waals surface area contributed by atoms with Gasteiger partial charge in [-0.15, -0.1) is 10.2 Å². The van der Waals surface area contributed by atoms with Gasteiger partial charge in [0.15, 0.2) is 17.1 Å². The predicted octanol–water partition coefficient (Wildman–Crippen LogP) is 20.2. The number of amides is 6. The first-order valence-electron chi connectivity index (χ1n) is 48.7. The molecule has 3 atom stereocenters. The van der Waals surface area contributed by atoms with Crippen LogP contribution >= 0.6 is 11.6 Å². The third kappa shape index (κ3) is 23.2. The predicted molar refractivity (Wildman–Crippen MR) is 539 cm³/mol. The van der Waals surface area contributed by atoms with Crippen molar-refractivity contribution in [3.8, 4) is 68.0 Å². The van der Waals surface area contributed by atoms with E-state index in [9.17, 15) is 49.3 Å². The van der Waals surface area contributed by atoms with E-state index in [-0.39, 0.29) is 67.3 Å². The van der Waals surface area contributed by atoms with Gasteiger partial charge < -0.3 is 49.1 Å². The average Bonchev–Trinajstić information content (AvgIpc) is 1.46. The molecule has 0 saturated carbocycles. The molecule has 13 aromatic rings. The lowest BCUT2D eigenvalue weighted by Gasteiger charge is -2.36. The van der Waals surface area contributed by atoms with Crippen molar-refractivity contribution in [2.45, 2.75) is 203 Å². The van der Waals surface area contributed by atoms with Crippen molar-refractivity contribution >= 4 is 47.0 Å². The normalized spacial score (nSPS) is 14.2. The van der Waals surface area contributed by atoms with Crippen LogP contribution in [0.3, 0.4) is 0 Å². The van der Waals surface area contributed by atoms with Gasteiger partial charge in [0.25, 0.3) is 35.4 Å². The first-order chi connectivity index (χ1) is 67.0. The van der Waals surface area contributed by atoms with Crippen LogP contribution in [0.5, 0.6) is 0 Å². The highest BCUT2D eigenvalue weighted by atomic mass is 35.5. The van der Waals surface area contributed by atoms with E-state index in [1.54, 1.807) is 59.9 Å². The van der Waals surface area contributed by atoms with Crippen molar-refractivity contribution in [2.24, 2.45) is 0 Å². The Morgan fingerprint density at radius 1 is 0.377 bits per heavy atom. The summed E-state index contributed by atoms with van der Waals surface area (Å²) in [6.45, 7) is 24.9. The first kappa shape index (κ1) is 100. The summed E-state index contributed by atoms with van der Waals surface area (Å²) in [6, 6.07) is 70.2. The Kier molecular flexibility index (Phi) is 34.4. The van der Waals surface area contributed by atoms with Gasteiger partial charge in [-0.2, -0.15) is 20.6 Å². The maximum Gasteiger partial charge on any atom is 0.274 e. The summed E-state index contributed by atoms with van der Waals surface area (Å²) in [5.74, 6) is -0.0677. The number of fused-ring (bicyclic) bond motifs is 3. The van der Waals surface area contributed by atoms with Crippen LogP contribution in [0.1, 0.15) is 243 Å². The number of unbranched alkanes of at least 4 members (excludes halogenated alkanes) is 6. The van der Waals surface area contributed by atoms with Crippen molar-refractivity contribution in [3.63, 3.8) is 0 Å². The number of aliphatic hydroxyl groups is 3. The molecule has 7 heterocycles. The third-order valence-corrected chi connectivity index (χ3v) is 26.5. The molecule has 0 bridgehead atoms. The molecule has 0 radical (unpaired) electrons. The van der Waals surface area contributed by atoms with Gasteiger partial charge in [-0.1, -0.05) is 225 Å². The molecule has 0 aliphatic carbocycles. The number of halogens is 1. The summed E-state index contributed by atoms with van der Waals surface area (Å²) < 4.78 is 10.8. The van der Waals surface area contributed by atoms with Gasteiger partial charge in [0.1, 0.15) is 0 Å². The van der Waals surface area contributed by atoms with Crippen LogP contribution in [0.4, 0.5) is 0 Å². The fourth-order valence-corrected chi connectivity index (χ4v) is 18.5. The lowest BCUT2D eigenvalue weighted by Crippen LogP contribution is -2.46. The van der Waals surface area contributed by atoms with Gasteiger partial charge in [0.2, 0.25) is 11.8 Å². The molecule has 138 heavy (non-hydrogen) atoms. The summed E-state index contributed by atoms with van der Waals surface area (Å²) in [6.07, 6.45) is 13.2. The van der Waals surface area contributed by atoms with Crippen molar-refractivity contribution in [2.75, 3.05) is 59.1 Å². The van der Waals surface area contributed by atoms with Crippen molar-refractivity contribution in [3.05, 3.63) is 319 Å². The smallest absolute Gasteiger partial charge is 0.274 e. The van der Waals surface area contributed by atoms with E-state index in [0.29, 0.717) is 151 Å². The molecule has 0 unspecified atom stereocenters. The van der Waals surface area contributed by atoms with E-state index in [0.717, 1.165) is 166 Å². The Bertz CT molecular complexity index is 6480. The number of aromatic nitrogens is 8. The van der Waals surface area contributed by atoms with Crippen molar-refractivity contribution in [1.82, 2.24) is 68.9 Å². The minimum absolute atomic E-state index is 0.0904. The number of rotatable bonds is 34. The number of hydrogen-bond donors (Lipinski definition) is 3. The number of nitriles is 1. The molecule has 26 heteroatoms. The van der Waals surface area contributed by atoms with Crippen LogP contribution in [-0.2, 0) is 38.9 Å². The molecular formula is C112H126ClN15O10. The van der Waals surface area contributed by atoms with Crippen molar-refractivity contribution < 1.29 is 48.5 Å². The molecule has 4 aromatic heterocycles. The minimum Gasteiger partial charge on any atom is -0.421 e. The molecule has 3 aliphatic rings. The second kappa shape index (κ2) is 47.3. The van der Waals surface area contributed by atoms with E-state index in [1.165, 1.54) is 0 Å². The fraction of sp³-hybridized carbons (Fsp3) is 0.357. The Hall–Kier alpha value is -13.8. The summed E-state index contributed by atoms with van der Waals surface area (Å²) in [5, 5.41) is 64.1. The number of nitrogens with zero attached hydrogens (tertiary/aromatic N) is 15. The molecule has 0 saturated heterocycles. The molecule has 3 aliphatic heterocycles. The third-order valence-electron chi connectivity index (χ3n) is 26.2. The lowest BCUT2D eigenvalue weighted by molar-refractivity contribution is 0.0539. The molecule has 716 valence electrons. The first-order valence-corrected chi connectivity index (χ1v) is 49.1. The zero-order chi connectivity index (χ0) is 97.6. The highest BCUT2D eigenvalue weighted by Crippen LogP contribution is 2.38. The second-order valence-corrected chi connectivity index (χ2v) is 36.5.